The highest BCUT2D eigenvalue weighted by Crippen LogP contribution is 2.37. The molecule has 5 aromatic carbocycles. The number of rotatable bonds is 3. The van der Waals surface area contributed by atoms with E-state index in [0.29, 0.717) is 0 Å². The van der Waals surface area contributed by atoms with Gasteiger partial charge in [0, 0.05) is 36.8 Å². The standard InChI is InChI=1S/C36H25NS/c1-3-25-26-13-5-6-14-27(26)28-15-7-8-16-29(28)30-17-9-11-19-34(30)37(33(25)4-2)24-21-22-32-31-18-10-12-20-35(31)38-36(32)23-24/h3-23H,1-2H2. The van der Waals surface area contributed by atoms with Gasteiger partial charge in [-0.2, -0.15) is 0 Å². The van der Waals surface area contributed by atoms with Crippen LogP contribution in [0.5, 0.6) is 0 Å². The minimum atomic E-state index is 1.01. The molecular formula is C36H25NS. The van der Waals surface area contributed by atoms with Gasteiger partial charge in [0.05, 0.1) is 11.2 Å². The van der Waals surface area contributed by atoms with Gasteiger partial charge in [-0.1, -0.05) is 110 Å². The molecule has 7 aromatic rings. The second-order valence-corrected chi connectivity index (χ2v) is 10.5. The third-order valence-electron chi connectivity index (χ3n) is 7.40. The quantitative estimate of drug-likeness (QED) is 0.226. The van der Waals surface area contributed by atoms with Gasteiger partial charge < -0.3 is 4.57 Å². The normalized spacial score (nSPS) is 11.4. The maximum absolute atomic E-state index is 4.31. The lowest BCUT2D eigenvalue weighted by molar-refractivity contribution is 1.09. The summed E-state index contributed by atoms with van der Waals surface area (Å²) >= 11 is 1.84. The van der Waals surface area contributed by atoms with Gasteiger partial charge in [0.2, 0.25) is 0 Å². The van der Waals surface area contributed by atoms with Crippen LogP contribution in [0.15, 0.2) is 128 Å². The zero-order valence-corrected chi connectivity index (χ0v) is 21.7. The molecule has 0 amide bonds. The van der Waals surface area contributed by atoms with Crippen LogP contribution in [0, 0.1) is 0 Å². The molecule has 0 fully saturated rings. The lowest BCUT2D eigenvalue weighted by Gasteiger charge is -2.16. The molecule has 0 N–H and O–H groups in total. The first-order chi connectivity index (χ1) is 18.8. The fourth-order valence-corrected chi connectivity index (χ4v) is 6.88. The SMILES string of the molecule is C=Cc1c(C=C)n(-c2ccc3c(c2)sc2ccccc23)c2ccccc2c2ccccc2c2ccccc12. The zero-order valence-electron chi connectivity index (χ0n) is 20.9. The van der Waals surface area contributed by atoms with Gasteiger partial charge >= 0.3 is 0 Å². The lowest BCUT2D eigenvalue weighted by Crippen LogP contribution is -2.02. The first-order valence-electron chi connectivity index (χ1n) is 12.8. The molecule has 2 aromatic heterocycles. The van der Waals surface area contributed by atoms with Crippen molar-refractivity contribution < 1.29 is 0 Å². The first-order valence-corrected chi connectivity index (χ1v) is 13.6. The van der Waals surface area contributed by atoms with Crippen LogP contribution in [0.25, 0.3) is 70.5 Å². The summed E-state index contributed by atoms with van der Waals surface area (Å²) in [6.07, 6.45) is 3.94. The number of aromatic nitrogens is 1. The summed E-state index contributed by atoms with van der Waals surface area (Å²) in [5, 5.41) is 8.52. The van der Waals surface area contributed by atoms with Crippen molar-refractivity contribution in [3.05, 3.63) is 140 Å². The fraction of sp³-hybridized carbons (Fsp3) is 0. The van der Waals surface area contributed by atoms with E-state index in [1.54, 1.807) is 0 Å². The van der Waals surface area contributed by atoms with Crippen molar-refractivity contribution in [1.82, 2.24) is 4.57 Å². The Bertz CT molecular complexity index is 2120. The molecular weight excluding hydrogens is 478 g/mol. The maximum Gasteiger partial charge on any atom is 0.0540 e. The molecule has 0 aliphatic carbocycles. The summed E-state index contributed by atoms with van der Waals surface area (Å²) in [5.41, 5.74) is 4.27. The van der Waals surface area contributed by atoms with Crippen molar-refractivity contribution in [3.8, 4) is 5.69 Å². The third-order valence-corrected chi connectivity index (χ3v) is 8.54. The molecule has 0 saturated heterocycles. The van der Waals surface area contributed by atoms with Crippen LogP contribution in [-0.2, 0) is 0 Å². The van der Waals surface area contributed by atoms with Crippen LogP contribution in [0.3, 0.4) is 0 Å². The van der Waals surface area contributed by atoms with Gasteiger partial charge in [-0.3, -0.25) is 0 Å². The van der Waals surface area contributed by atoms with Gasteiger partial charge in [-0.25, -0.2) is 0 Å². The van der Waals surface area contributed by atoms with E-state index >= 15 is 0 Å². The van der Waals surface area contributed by atoms with E-state index in [-0.39, 0.29) is 0 Å². The Balaban J connectivity index is 1.77. The average Bonchev–Trinajstić information content (AvgIpc) is 3.36. The predicted octanol–water partition coefficient (Wildman–Crippen LogP) is 10.7. The molecule has 0 atom stereocenters. The molecule has 0 spiro atoms. The molecule has 180 valence electrons. The lowest BCUT2D eigenvalue weighted by atomic mass is 10.0. The second kappa shape index (κ2) is 9.02. The molecule has 0 radical (unpaired) electrons. The highest BCUT2D eigenvalue weighted by molar-refractivity contribution is 7.25. The highest BCUT2D eigenvalue weighted by Gasteiger charge is 2.13. The van der Waals surface area contributed by atoms with Gasteiger partial charge in [0.25, 0.3) is 0 Å². The summed E-state index contributed by atoms with van der Waals surface area (Å²) in [4.78, 5) is 0. The molecule has 0 bridgehead atoms. The number of nitrogens with zero attached hydrogens (tertiary/aromatic N) is 1. The second-order valence-electron chi connectivity index (χ2n) is 9.43. The van der Waals surface area contributed by atoms with Crippen molar-refractivity contribution in [2.45, 2.75) is 0 Å². The Kier molecular flexibility index (Phi) is 5.35. The minimum Gasteiger partial charge on any atom is -0.309 e. The molecule has 2 heteroatoms. The Hall–Kier alpha value is -4.66. The third kappa shape index (κ3) is 3.38. The molecule has 0 saturated carbocycles. The number of hydrogen-bond donors (Lipinski definition) is 0. The maximum atomic E-state index is 4.31. The van der Waals surface area contributed by atoms with E-state index in [1.165, 1.54) is 41.7 Å². The molecule has 7 rings (SSSR count). The Morgan fingerprint density at radius 2 is 1.05 bits per heavy atom. The number of benzene rings is 5. The summed E-state index contributed by atoms with van der Waals surface area (Å²) < 4.78 is 4.92. The molecule has 0 aliphatic heterocycles. The largest absolute Gasteiger partial charge is 0.309 e. The Morgan fingerprint density at radius 1 is 0.500 bits per heavy atom. The van der Waals surface area contributed by atoms with E-state index in [4.69, 9.17) is 0 Å². The Morgan fingerprint density at radius 3 is 1.76 bits per heavy atom. The Labute approximate surface area is 225 Å². The van der Waals surface area contributed by atoms with E-state index in [2.05, 4.69) is 133 Å². The summed E-state index contributed by atoms with van der Waals surface area (Å²) in [5.74, 6) is 0. The van der Waals surface area contributed by atoms with Crippen molar-refractivity contribution >= 4 is 76.1 Å². The number of thiophene rings is 1. The topological polar surface area (TPSA) is 4.93 Å². The van der Waals surface area contributed by atoms with Crippen molar-refractivity contribution in [3.63, 3.8) is 0 Å². The molecule has 0 unspecified atom stereocenters. The van der Waals surface area contributed by atoms with Gasteiger partial charge in [-0.05, 0) is 51.9 Å². The van der Waals surface area contributed by atoms with Crippen LogP contribution in [0.4, 0.5) is 0 Å². The van der Waals surface area contributed by atoms with Crippen LogP contribution in [0.1, 0.15) is 11.3 Å². The van der Waals surface area contributed by atoms with Crippen molar-refractivity contribution in [1.29, 1.82) is 0 Å². The summed E-state index contributed by atoms with van der Waals surface area (Å²) in [6, 6.07) is 41.4. The monoisotopic (exact) mass is 503 g/mol. The van der Waals surface area contributed by atoms with E-state index in [9.17, 15) is 0 Å². The van der Waals surface area contributed by atoms with Gasteiger partial charge in [0.15, 0.2) is 0 Å². The molecule has 0 aliphatic rings. The first kappa shape index (κ1) is 22.5. The number of fused-ring (bicyclic) bond motifs is 8. The van der Waals surface area contributed by atoms with Crippen LogP contribution < -0.4 is 0 Å². The molecule has 38 heavy (non-hydrogen) atoms. The molecule has 2 heterocycles. The van der Waals surface area contributed by atoms with Crippen molar-refractivity contribution in [2.24, 2.45) is 0 Å². The van der Waals surface area contributed by atoms with E-state index < -0.39 is 0 Å². The highest BCUT2D eigenvalue weighted by atomic mass is 32.1. The van der Waals surface area contributed by atoms with Crippen LogP contribution in [-0.4, -0.2) is 4.57 Å². The van der Waals surface area contributed by atoms with E-state index in [0.717, 1.165) is 27.8 Å². The summed E-state index contributed by atoms with van der Waals surface area (Å²) in [6.45, 7) is 8.58. The van der Waals surface area contributed by atoms with Crippen molar-refractivity contribution in [2.75, 3.05) is 0 Å². The number of hydrogen-bond acceptors (Lipinski definition) is 1. The smallest absolute Gasteiger partial charge is 0.0540 e. The molecule has 1 nitrogen and oxygen atoms in total. The van der Waals surface area contributed by atoms with Gasteiger partial charge in [-0.15, -0.1) is 11.3 Å². The van der Waals surface area contributed by atoms with Gasteiger partial charge in [0.1, 0.15) is 0 Å². The zero-order chi connectivity index (χ0) is 25.6. The minimum absolute atomic E-state index is 1.01. The average molecular weight is 504 g/mol. The van der Waals surface area contributed by atoms with Crippen LogP contribution >= 0.6 is 11.3 Å². The number of para-hydroxylation sites is 1. The summed E-state index contributed by atoms with van der Waals surface area (Å²) in [7, 11) is 0. The van der Waals surface area contributed by atoms with E-state index in [1.807, 2.05) is 23.5 Å². The van der Waals surface area contributed by atoms with Crippen LogP contribution in [0.2, 0.25) is 0 Å². The fourth-order valence-electron chi connectivity index (χ4n) is 5.74. The predicted molar refractivity (Wildman–Crippen MR) is 169 cm³/mol.